The number of carboxylic acids is 1. The topological polar surface area (TPSA) is 92.4 Å². The number of phenolic OH excluding ortho intramolecular Hbond substituents is 1. The first-order valence-electron chi connectivity index (χ1n) is 4.98. The van der Waals surface area contributed by atoms with E-state index in [0.29, 0.717) is 10.9 Å². The van der Waals surface area contributed by atoms with Crippen molar-refractivity contribution < 1.29 is 15.0 Å². The van der Waals surface area contributed by atoms with E-state index in [1.54, 1.807) is 6.07 Å². The van der Waals surface area contributed by atoms with Gasteiger partial charge in [-0.25, -0.2) is 9.78 Å². The van der Waals surface area contributed by atoms with E-state index in [1.165, 1.54) is 22.9 Å². The lowest BCUT2D eigenvalue weighted by Gasteiger charge is -2.07. The van der Waals surface area contributed by atoms with Gasteiger partial charge in [-0.3, -0.25) is 9.36 Å². The second-order valence-corrected chi connectivity index (χ2v) is 3.58. The van der Waals surface area contributed by atoms with Gasteiger partial charge in [0.15, 0.2) is 0 Å². The van der Waals surface area contributed by atoms with Gasteiger partial charge in [-0.1, -0.05) is 0 Å². The van der Waals surface area contributed by atoms with Crippen molar-refractivity contribution >= 4 is 16.9 Å². The van der Waals surface area contributed by atoms with Crippen LogP contribution < -0.4 is 5.69 Å². The van der Waals surface area contributed by atoms with Crippen LogP contribution in [0.5, 0.6) is 5.75 Å². The molecular formula is C11H10N2O4. The fourth-order valence-electron chi connectivity index (χ4n) is 1.60. The average Bonchev–Trinajstić information content (AvgIpc) is 2.27. The molecule has 17 heavy (non-hydrogen) atoms. The van der Waals surface area contributed by atoms with Gasteiger partial charge in [-0.15, -0.1) is 0 Å². The molecule has 0 saturated carbocycles. The van der Waals surface area contributed by atoms with Gasteiger partial charge in [0.25, 0.3) is 0 Å². The van der Waals surface area contributed by atoms with E-state index in [-0.39, 0.29) is 18.7 Å². The minimum absolute atomic E-state index is 0.0205. The largest absolute Gasteiger partial charge is 0.508 e. The van der Waals surface area contributed by atoms with Gasteiger partial charge in [0.05, 0.1) is 11.9 Å². The maximum absolute atomic E-state index is 11.5. The highest BCUT2D eigenvalue weighted by molar-refractivity contribution is 5.79. The number of carboxylic acid groups (broad SMARTS) is 1. The van der Waals surface area contributed by atoms with Crippen LogP contribution in [0.15, 0.2) is 29.2 Å². The molecule has 0 unspecified atom stereocenters. The molecule has 0 saturated heterocycles. The number of aromatic hydroxyl groups is 1. The van der Waals surface area contributed by atoms with Gasteiger partial charge in [0.1, 0.15) is 5.75 Å². The van der Waals surface area contributed by atoms with E-state index in [9.17, 15) is 14.7 Å². The van der Waals surface area contributed by atoms with Gasteiger partial charge in [-0.2, -0.15) is 0 Å². The predicted molar refractivity (Wildman–Crippen MR) is 59.9 cm³/mol. The van der Waals surface area contributed by atoms with Crippen LogP contribution in [0.3, 0.4) is 0 Å². The minimum Gasteiger partial charge on any atom is -0.508 e. The van der Waals surface area contributed by atoms with Crippen LogP contribution in [0.1, 0.15) is 6.42 Å². The molecule has 0 atom stereocenters. The van der Waals surface area contributed by atoms with Crippen LogP contribution >= 0.6 is 0 Å². The van der Waals surface area contributed by atoms with Crippen molar-refractivity contribution in [1.29, 1.82) is 0 Å². The molecule has 0 fully saturated rings. The van der Waals surface area contributed by atoms with Crippen LogP contribution in [0.25, 0.3) is 10.9 Å². The molecule has 1 heterocycles. The van der Waals surface area contributed by atoms with Crippen LogP contribution in [-0.4, -0.2) is 25.7 Å². The Morgan fingerprint density at radius 3 is 2.88 bits per heavy atom. The van der Waals surface area contributed by atoms with Crippen molar-refractivity contribution in [3.63, 3.8) is 0 Å². The lowest BCUT2D eigenvalue weighted by molar-refractivity contribution is -0.137. The first-order valence-corrected chi connectivity index (χ1v) is 4.98. The van der Waals surface area contributed by atoms with Gasteiger partial charge in [-0.05, 0) is 12.1 Å². The predicted octanol–water partition coefficient (Wildman–Crippen LogP) is 0.577. The molecule has 0 radical (unpaired) electrons. The first kappa shape index (κ1) is 11.1. The summed E-state index contributed by atoms with van der Waals surface area (Å²) >= 11 is 0. The number of aryl methyl sites for hydroxylation is 1. The van der Waals surface area contributed by atoms with E-state index < -0.39 is 11.7 Å². The molecule has 2 rings (SSSR count). The van der Waals surface area contributed by atoms with Crippen molar-refractivity contribution in [2.24, 2.45) is 0 Å². The Morgan fingerprint density at radius 1 is 1.41 bits per heavy atom. The molecule has 1 aromatic carbocycles. The molecule has 2 aromatic rings. The van der Waals surface area contributed by atoms with Gasteiger partial charge >= 0.3 is 11.7 Å². The summed E-state index contributed by atoms with van der Waals surface area (Å²) in [5, 5.41) is 18.7. The Labute approximate surface area is 95.8 Å². The van der Waals surface area contributed by atoms with Crippen molar-refractivity contribution in [2.45, 2.75) is 13.0 Å². The molecule has 0 aliphatic rings. The van der Waals surface area contributed by atoms with Gasteiger partial charge < -0.3 is 10.2 Å². The number of fused-ring (bicyclic) bond motifs is 1. The third kappa shape index (κ3) is 2.25. The number of hydrogen-bond acceptors (Lipinski definition) is 4. The highest BCUT2D eigenvalue weighted by Gasteiger charge is 2.06. The van der Waals surface area contributed by atoms with Crippen molar-refractivity contribution in [3.8, 4) is 5.75 Å². The Bertz CT molecular complexity index is 633. The number of nitrogens with zero attached hydrogens (tertiary/aromatic N) is 2. The summed E-state index contributed by atoms with van der Waals surface area (Å²) in [7, 11) is 0. The summed E-state index contributed by atoms with van der Waals surface area (Å²) in [4.78, 5) is 25.7. The van der Waals surface area contributed by atoms with E-state index >= 15 is 0 Å². The van der Waals surface area contributed by atoms with Crippen LogP contribution in [0.4, 0.5) is 0 Å². The monoisotopic (exact) mass is 234 g/mol. The normalized spacial score (nSPS) is 10.6. The molecule has 0 aliphatic carbocycles. The third-order valence-electron chi connectivity index (χ3n) is 2.40. The molecule has 0 bridgehead atoms. The number of carbonyl (C=O) groups is 1. The summed E-state index contributed by atoms with van der Waals surface area (Å²) in [5.41, 5.74) is -0.0457. The highest BCUT2D eigenvalue weighted by Crippen LogP contribution is 2.17. The number of hydrogen-bond donors (Lipinski definition) is 2. The summed E-state index contributed by atoms with van der Waals surface area (Å²) < 4.78 is 1.24. The van der Waals surface area contributed by atoms with E-state index in [1.807, 2.05) is 0 Å². The number of aliphatic carboxylic acids is 1. The molecule has 2 N–H and O–H groups in total. The molecule has 88 valence electrons. The first-order chi connectivity index (χ1) is 8.08. The van der Waals surface area contributed by atoms with E-state index in [2.05, 4.69) is 4.98 Å². The highest BCUT2D eigenvalue weighted by atomic mass is 16.4. The molecular weight excluding hydrogens is 224 g/mol. The Hall–Kier alpha value is -2.37. The number of phenols is 1. The molecule has 1 aromatic heterocycles. The lowest BCUT2D eigenvalue weighted by atomic mass is 10.2. The molecule has 0 spiro atoms. The fraction of sp³-hybridized carbons (Fsp3) is 0.182. The summed E-state index contributed by atoms with van der Waals surface area (Å²) in [5.74, 6) is -0.971. The maximum Gasteiger partial charge on any atom is 0.348 e. The van der Waals surface area contributed by atoms with Gasteiger partial charge in [0.2, 0.25) is 0 Å². The average molecular weight is 234 g/mol. The third-order valence-corrected chi connectivity index (χ3v) is 2.40. The zero-order chi connectivity index (χ0) is 12.4. The van der Waals surface area contributed by atoms with Crippen LogP contribution in [0, 0.1) is 0 Å². The van der Waals surface area contributed by atoms with Crippen molar-refractivity contribution in [1.82, 2.24) is 9.55 Å². The minimum atomic E-state index is -0.992. The quantitative estimate of drug-likeness (QED) is 0.810. The fourth-order valence-corrected chi connectivity index (χ4v) is 1.60. The SMILES string of the molecule is O=C(O)CCn1c(=O)ncc2ccc(O)cc21. The zero-order valence-corrected chi connectivity index (χ0v) is 8.83. The second kappa shape index (κ2) is 4.25. The molecule has 6 heteroatoms. The van der Waals surface area contributed by atoms with Crippen molar-refractivity contribution in [3.05, 3.63) is 34.9 Å². The summed E-state index contributed by atoms with van der Waals surface area (Å²) in [6.07, 6.45) is 1.23. The Balaban J connectivity index is 2.58. The van der Waals surface area contributed by atoms with E-state index in [4.69, 9.17) is 5.11 Å². The van der Waals surface area contributed by atoms with Gasteiger partial charge in [0, 0.05) is 24.2 Å². The zero-order valence-electron chi connectivity index (χ0n) is 8.83. The molecule has 6 nitrogen and oxygen atoms in total. The Kier molecular flexibility index (Phi) is 2.78. The summed E-state index contributed by atoms with van der Waals surface area (Å²) in [6, 6.07) is 4.52. The number of rotatable bonds is 3. The smallest absolute Gasteiger partial charge is 0.348 e. The van der Waals surface area contributed by atoms with E-state index in [0.717, 1.165) is 0 Å². The Morgan fingerprint density at radius 2 is 2.18 bits per heavy atom. The standard InChI is InChI=1S/C11H10N2O4/c14-8-2-1-7-6-12-11(17)13(9(7)5-8)4-3-10(15)16/h1-2,5-6,14H,3-4H2,(H,15,16). The molecule has 0 aliphatic heterocycles. The summed E-state index contributed by atoms with van der Waals surface area (Å²) in [6.45, 7) is 0.0297. The van der Waals surface area contributed by atoms with Crippen molar-refractivity contribution in [2.75, 3.05) is 0 Å². The number of benzene rings is 1. The van der Waals surface area contributed by atoms with Crippen LogP contribution in [-0.2, 0) is 11.3 Å². The lowest BCUT2D eigenvalue weighted by Crippen LogP contribution is -2.24. The van der Waals surface area contributed by atoms with Crippen LogP contribution in [0.2, 0.25) is 0 Å². The molecule has 0 amide bonds. The maximum atomic E-state index is 11.5. The second-order valence-electron chi connectivity index (χ2n) is 3.58. The number of aromatic nitrogens is 2.